The van der Waals surface area contributed by atoms with Gasteiger partial charge >= 0.3 is 12.1 Å². The first-order valence-corrected chi connectivity index (χ1v) is 4.39. The number of alkyl halides is 3. The zero-order valence-electron chi connectivity index (χ0n) is 8.47. The van der Waals surface area contributed by atoms with Crippen molar-refractivity contribution in [1.29, 1.82) is 0 Å². The van der Waals surface area contributed by atoms with Crippen molar-refractivity contribution in [3.8, 4) is 0 Å². The van der Waals surface area contributed by atoms with Crippen LogP contribution >= 0.6 is 0 Å². The number of carbonyl (C=O) groups is 1. The maximum absolute atomic E-state index is 12.4. The maximum atomic E-state index is 12.4. The van der Waals surface area contributed by atoms with Gasteiger partial charge in [0.2, 0.25) is 0 Å². The molecule has 0 spiro atoms. The van der Waals surface area contributed by atoms with E-state index in [0.717, 1.165) is 12.1 Å². The van der Waals surface area contributed by atoms with Crippen molar-refractivity contribution >= 4 is 11.7 Å². The highest BCUT2D eigenvalue weighted by Crippen LogP contribution is 2.31. The van der Waals surface area contributed by atoms with Gasteiger partial charge in [0.1, 0.15) is 6.61 Å². The lowest BCUT2D eigenvalue weighted by molar-refractivity contribution is -0.142. The van der Waals surface area contributed by atoms with Gasteiger partial charge in [-0.25, -0.2) is 0 Å². The quantitative estimate of drug-likeness (QED) is 0.630. The van der Waals surface area contributed by atoms with Gasteiger partial charge in [-0.15, -0.1) is 0 Å². The number of esters is 1. The Balaban J connectivity index is 2.94. The molecular weight excluding hydrogens is 223 g/mol. The summed E-state index contributed by atoms with van der Waals surface area (Å²) >= 11 is 0. The van der Waals surface area contributed by atoms with Crippen LogP contribution in [0.2, 0.25) is 0 Å². The third-order valence-corrected chi connectivity index (χ3v) is 1.78. The first kappa shape index (κ1) is 12.4. The molecule has 16 heavy (non-hydrogen) atoms. The van der Waals surface area contributed by atoms with E-state index in [4.69, 9.17) is 5.73 Å². The summed E-state index contributed by atoms with van der Waals surface area (Å²) in [6, 6.07) is 3.06. The van der Waals surface area contributed by atoms with E-state index < -0.39 is 17.7 Å². The summed E-state index contributed by atoms with van der Waals surface area (Å²) in [6.07, 6.45) is -4.46. The smallest absolute Gasteiger partial charge is 0.416 e. The molecule has 88 valence electrons. The van der Waals surface area contributed by atoms with Gasteiger partial charge in [0.05, 0.1) is 5.56 Å². The fourth-order valence-corrected chi connectivity index (χ4v) is 1.15. The number of anilines is 1. The van der Waals surface area contributed by atoms with E-state index in [-0.39, 0.29) is 17.9 Å². The zero-order chi connectivity index (χ0) is 12.3. The van der Waals surface area contributed by atoms with Crippen LogP contribution in [0, 0.1) is 0 Å². The predicted octanol–water partition coefficient (Wildman–Crippen LogP) is 2.35. The fourth-order valence-electron chi connectivity index (χ4n) is 1.15. The number of hydrogen-bond acceptors (Lipinski definition) is 3. The summed E-state index contributed by atoms with van der Waals surface area (Å²) in [5, 5.41) is 0. The van der Waals surface area contributed by atoms with Crippen LogP contribution in [0.1, 0.15) is 18.1 Å². The Labute approximate surface area is 90.0 Å². The second kappa shape index (κ2) is 4.42. The molecule has 0 saturated carbocycles. The summed E-state index contributed by atoms with van der Waals surface area (Å²) in [4.78, 5) is 10.5. The summed E-state index contributed by atoms with van der Waals surface area (Å²) in [7, 11) is 0. The van der Waals surface area contributed by atoms with Crippen LogP contribution in [0.25, 0.3) is 0 Å². The molecule has 6 heteroatoms. The Bertz CT molecular complexity index is 402. The average molecular weight is 233 g/mol. The number of halogens is 3. The van der Waals surface area contributed by atoms with Crippen molar-refractivity contribution in [2.45, 2.75) is 19.7 Å². The third-order valence-electron chi connectivity index (χ3n) is 1.78. The molecule has 0 heterocycles. The summed E-state index contributed by atoms with van der Waals surface area (Å²) in [5.74, 6) is -0.559. The molecule has 0 aromatic heterocycles. The number of carbonyl (C=O) groups excluding carboxylic acids is 1. The van der Waals surface area contributed by atoms with Gasteiger partial charge in [0, 0.05) is 12.6 Å². The second-order valence-corrected chi connectivity index (χ2v) is 3.24. The lowest BCUT2D eigenvalue weighted by Gasteiger charge is -2.10. The first-order valence-electron chi connectivity index (χ1n) is 4.39. The number of rotatable bonds is 2. The van der Waals surface area contributed by atoms with Crippen LogP contribution in [-0.4, -0.2) is 5.97 Å². The summed E-state index contributed by atoms with van der Waals surface area (Å²) in [6.45, 7) is 0.959. The van der Waals surface area contributed by atoms with Gasteiger partial charge in [-0.3, -0.25) is 4.79 Å². The molecule has 1 aromatic rings. The Morgan fingerprint density at radius 2 is 2.00 bits per heavy atom. The van der Waals surface area contributed by atoms with Crippen molar-refractivity contribution in [3.05, 3.63) is 29.3 Å². The van der Waals surface area contributed by atoms with E-state index in [1.807, 2.05) is 0 Å². The van der Waals surface area contributed by atoms with Gasteiger partial charge in [-0.2, -0.15) is 13.2 Å². The number of nitrogens with two attached hydrogens (primary N) is 1. The molecule has 0 fully saturated rings. The molecule has 0 bridgehead atoms. The molecule has 0 saturated heterocycles. The van der Waals surface area contributed by atoms with Crippen LogP contribution in [0.5, 0.6) is 0 Å². The summed E-state index contributed by atoms with van der Waals surface area (Å²) < 4.78 is 41.7. The van der Waals surface area contributed by atoms with Crippen molar-refractivity contribution < 1.29 is 22.7 Å². The third kappa shape index (κ3) is 3.45. The molecule has 0 aliphatic carbocycles. The van der Waals surface area contributed by atoms with Crippen LogP contribution in [0.4, 0.5) is 18.9 Å². The highest BCUT2D eigenvalue weighted by Gasteiger charge is 2.31. The van der Waals surface area contributed by atoms with Gasteiger partial charge in [-0.05, 0) is 23.8 Å². The predicted molar refractivity (Wildman–Crippen MR) is 51.3 cm³/mol. The van der Waals surface area contributed by atoms with Gasteiger partial charge in [-0.1, -0.05) is 0 Å². The van der Waals surface area contributed by atoms with Crippen LogP contribution in [0.3, 0.4) is 0 Å². The average Bonchev–Trinajstić information content (AvgIpc) is 2.12. The van der Waals surface area contributed by atoms with Gasteiger partial charge < -0.3 is 10.5 Å². The van der Waals surface area contributed by atoms with Crippen molar-refractivity contribution in [2.24, 2.45) is 0 Å². The molecule has 0 aliphatic heterocycles. The van der Waals surface area contributed by atoms with E-state index in [9.17, 15) is 18.0 Å². The molecule has 3 nitrogen and oxygen atoms in total. The number of hydrogen-bond donors (Lipinski definition) is 1. The second-order valence-electron chi connectivity index (χ2n) is 3.24. The van der Waals surface area contributed by atoms with Crippen molar-refractivity contribution in [1.82, 2.24) is 0 Å². The van der Waals surface area contributed by atoms with Gasteiger partial charge in [0.15, 0.2) is 0 Å². The molecule has 0 atom stereocenters. The standard InChI is InChI=1S/C10H10F3NO2/c1-6(15)16-5-7-2-8(10(11,12)13)4-9(14)3-7/h2-4H,5,14H2,1H3. The highest BCUT2D eigenvalue weighted by atomic mass is 19.4. The molecule has 1 aromatic carbocycles. The van der Waals surface area contributed by atoms with Crippen molar-refractivity contribution in [2.75, 3.05) is 5.73 Å². The van der Waals surface area contributed by atoms with Crippen LogP contribution in [0.15, 0.2) is 18.2 Å². The molecule has 0 unspecified atom stereocenters. The number of nitrogen functional groups attached to an aromatic ring is 1. The minimum absolute atomic E-state index is 0.0167. The minimum Gasteiger partial charge on any atom is -0.461 e. The lowest BCUT2D eigenvalue weighted by atomic mass is 10.1. The Morgan fingerprint density at radius 1 is 1.38 bits per heavy atom. The number of benzene rings is 1. The largest absolute Gasteiger partial charge is 0.461 e. The molecular formula is C10H10F3NO2. The van der Waals surface area contributed by atoms with E-state index in [1.54, 1.807) is 0 Å². The van der Waals surface area contributed by atoms with Crippen LogP contribution < -0.4 is 5.73 Å². The summed E-state index contributed by atoms with van der Waals surface area (Å²) in [5.41, 5.74) is 4.66. The zero-order valence-corrected chi connectivity index (χ0v) is 8.47. The van der Waals surface area contributed by atoms with E-state index in [0.29, 0.717) is 0 Å². The normalized spacial score (nSPS) is 11.2. The van der Waals surface area contributed by atoms with E-state index >= 15 is 0 Å². The monoisotopic (exact) mass is 233 g/mol. The van der Waals surface area contributed by atoms with E-state index in [1.165, 1.54) is 13.0 Å². The molecule has 0 radical (unpaired) electrons. The van der Waals surface area contributed by atoms with Crippen molar-refractivity contribution in [3.63, 3.8) is 0 Å². The van der Waals surface area contributed by atoms with Gasteiger partial charge in [0.25, 0.3) is 0 Å². The number of ether oxygens (including phenoxy) is 1. The molecule has 0 aliphatic rings. The SMILES string of the molecule is CC(=O)OCc1cc(N)cc(C(F)(F)F)c1. The maximum Gasteiger partial charge on any atom is 0.416 e. The topological polar surface area (TPSA) is 52.3 Å². The minimum atomic E-state index is -4.46. The molecule has 0 amide bonds. The first-order chi connectivity index (χ1) is 7.29. The lowest BCUT2D eigenvalue weighted by Crippen LogP contribution is -2.08. The fraction of sp³-hybridized carbons (Fsp3) is 0.300. The molecule has 1 rings (SSSR count). The Kier molecular flexibility index (Phi) is 3.41. The Morgan fingerprint density at radius 3 is 2.50 bits per heavy atom. The highest BCUT2D eigenvalue weighted by molar-refractivity contribution is 5.66. The Hall–Kier alpha value is -1.72. The van der Waals surface area contributed by atoms with E-state index in [2.05, 4.69) is 4.74 Å². The van der Waals surface area contributed by atoms with Crippen LogP contribution in [-0.2, 0) is 22.3 Å². The molecule has 2 N–H and O–H groups in total.